The fourth-order valence-corrected chi connectivity index (χ4v) is 2.13. The fraction of sp³-hybridized carbons (Fsp3) is 0.222. The number of imidazole rings is 1. The first-order chi connectivity index (χ1) is 6.58. The number of nitrogens with one attached hydrogen (secondary N) is 1. The van der Waals surface area contributed by atoms with Crippen LogP contribution in [-0.2, 0) is 0 Å². The first-order valence-electron chi connectivity index (χ1n) is 4.18. The van der Waals surface area contributed by atoms with Crippen molar-refractivity contribution in [2.24, 2.45) is 5.73 Å². The first kappa shape index (κ1) is 9.96. The SMILES string of the molecule is C[C@@H](N)c1nc2c(Cl)cc(Br)cc2[nH]1. The Labute approximate surface area is 94.8 Å². The van der Waals surface area contributed by atoms with Crippen LogP contribution in [0, 0.1) is 0 Å². The lowest BCUT2D eigenvalue weighted by Crippen LogP contribution is -2.06. The van der Waals surface area contributed by atoms with Gasteiger partial charge in [-0.3, -0.25) is 0 Å². The average Bonchev–Trinajstić information content (AvgIpc) is 2.47. The van der Waals surface area contributed by atoms with Gasteiger partial charge in [-0.05, 0) is 19.1 Å². The molecule has 2 aromatic rings. The molecule has 0 spiro atoms. The molecule has 0 bridgehead atoms. The van der Waals surface area contributed by atoms with Gasteiger partial charge in [-0.15, -0.1) is 0 Å². The van der Waals surface area contributed by atoms with Crippen LogP contribution in [-0.4, -0.2) is 9.97 Å². The third kappa shape index (κ3) is 1.65. The first-order valence-corrected chi connectivity index (χ1v) is 5.35. The maximum Gasteiger partial charge on any atom is 0.124 e. The van der Waals surface area contributed by atoms with Crippen molar-refractivity contribution >= 4 is 38.6 Å². The van der Waals surface area contributed by atoms with Gasteiger partial charge in [-0.2, -0.15) is 0 Å². The molecule has 5 heteroatoms. The molecule has 3 nitrogen and oxygen atoms in total. The number of nitrogens with two attached hydrogens (primary N) is 1. The summed E-state index contributed by atoms with van der Waals surface area (Å²) in [7, 11) is 0. The summed E-state index contributed by atoms with van der Waals surface area (Å²) in [6.07, 6.45) is 0. The van der Waals surface area contributed by atoms with Crippen molar-refractivity contribution in [1.82, 2.24) is 9.97 Å². The van der Waals surface area contributed by atoms with Crippen molar-refractivity contribution < 1.29 is 0 Å². The lowest BCUT2D eigenvalue weighted by atomic mass is 10.3. The molecule has 0 radical (unpaired) electrons. The number of halogens is 2. The summed E-state index contributed by atoms with van der Waals surface area (Å²) < 4.78 is 0.926. The number of nitrogens with zero attached hydrogens (tertiary/aromatic N) is 1. The standard InChI is InChI=1S/C9H9BrClN3/c1-4(12)9-13-7-3-5(10)2-6(11)8(7)14-9/h2-4H,12H2,1H3,(H,13,14)/t4-/m1/s1. The lowest BCUT2D eigenvalue weighted by molar-refractivity contribution is 0.760. The summed E-state index contributed by atoms with van der Waals surface area (Å²) >= 11 is 9.39. The topological polar surface area (TPSA) is 54.7 Å². The molecule has 74 valence electrons. The molecule has 0 saturated carbocycles. The van der Waals surface area contributed by atoms with Crippen molar-refractivity contribution in [3.05, 3.63) is 27.5 Å². The van der Waals surface area contributed by atoms with Crippen LogP contribution in [0.4, 0.5) is 0 Å². The second-order valence-corrected chi connectivity index (χ2v) is 4.52. The van der Waals surface area contributed by atoms with Crippen LogP contribution >= 0.6 is 27.5 Å². The Morgan fingerprint density at radius 3 is 2.93 bits per heavy atom. The number of rotatable bonds is 1. The van der Waals surface area contributed by atoms with Gasteiger partial charge in [0.15, 0.2) is 0 Å². The minimum Gasteiger partial charge on any atom is -0.341 e. The molecule has 0 saturated heterocycles. The Balaban J connectivity index is 2.70. The Morgan fingerprint density at radius 2 is 2.29 bits per heavy atom. The zero-order valence-electron chi connectivity index (χ0n) is 7.51. The van der Waals surface area contributed by atoms with Gasteiger partial charge in [0.2, 0.25) is 0 Å². The van der Waals surface area contributed by atoms with E-state index < -0.39 is 0 Å². The predicted molar refractivity (Wildman–Crippen MR) is 61.4 cm³/mol. The number of hydrogen-bond acceptors (Lipinski definition) is 2. The number of aromatic nitrogens is 2. The number of fused-ring (bicyclic) bond motifs is 1. The molecule has 14 heavy (non-hydrogen) atoms. The quantitative estimate of drug-likeness (QED) is 0.840. The van der Waals surface area contributed by atoms with Crippen molar-refractivity contribution in [3.63, 3.8) is 0 Å². The summed E-state index contributed by atoms with van der Waals surface area (Å²) in [4.78, 5) is 7.45. The molecule has 3 N–H and O–H groups in total. The van der Waals surface area contributed by atoms with Crippen LogP contribution in [0.15, 0.2) is 16.6 Å². The third-order valence-electron chi connectivity index (χ3n) is 1.95. The smallest absolute Gasteiger partial charge is 0.124 e. The van der Waals surface area contributed by atoms with Crippen molar-refractivity contribution in [3.8, 4) is 0 Å². The average molecular weight is 275 g/mol. The number of benzene rings is 1. The molecule has 0 aliphatic carbocycles. The van der Waals surface area contributed by atoms with Gasteiger partial charge in [-0.1, -0.05) is 27.5 Å². The highest BCUT2D eigenvalue weighted by atomic mass is 79.9. The van der Waals surface area contributed by atoms with E-state index in [9.17, 15) is 0 Å². The van der Waals surface area contributed by atoms with Gasteiger partial charge in [0, 0.05) is 4.47 Å². The monoisotopic (exact) mass is 273 g/mol. The molecule has 0 aliphatic heterocycles. The molecule has 1 aromatic carbocycles. The van der Waals surface area contributed by atoms with E-state index in [0.29, 0.717) is 5.02 Å². The van der Waals surface area contributed by atoms with E-state index in [0.717, 1.165) is 21.3 Å². The molecule has 0 amide bonds. The van der Waals surface area contributed by atoms with Gasteiger partial charge in [0.05, 0.1) is 16.6 Å². The molecule has 1 atom stereocenters. The third-order valence-corrected chi connectivity index (χ3v) is 2.70. The lowest BCUT2D eigenvalue weighted by Gasteiger charge is -1.96. The summed E-state index contributed by atoms with van der Waals surface area (Å²) in [6.45, 7) is 1.88. The van der Waals surface area contributed by atoms with Crippen molar-refractivity contribution in [1.29, 1.82) is 0 Å². The number of hydrogen-bond donors (Lipinski definition) is 2. The second kappa shape index (κ2) is 3.53. The van der Waals surface area contributed by atoms with Gasteiger partial charge in [-0.25, -0.2) is 4.98 Å². The Bertz CT molecular complexity index is 478. The van der Waals surface area contributed by atoms with Gasteiger partial charge >= 0.3 is 0 Å². The van der Waals surface area contributed by atoms with E-state index in [-0.39, 0.29) is 6.04 Å². The van der Waals surface area contributed by atoms with Crippen LogP contribution in [0.2, 0.25) is 5.02 Å². The van der Waals surface area contributed by atoms with Crippen molar-refractivity contribution in [2.45, 2.75) is 13.0 Å². The van der Waals surface area contributed by atoms with Gasteiger partial charge in [0.1, 0.15) is 11.3 Å². The minimum atomic E-state index is -0.114. The summed E-state index contributed by atoms with van der Waals surface area (Å²) in [5, 5.41) is 0.623. The molecule has 1 heterocycles. The van der Waals surface area contributed by atoms with E-state index in [4.69, 9.17) is 17.3 Å². The molecule has 0 aliphatic rings. The van der Waals surface area contributed by atoms with Crippen LogP contribution in [0.5, 0.6) is 0 Å². The molecule has 1 aromatic heterocycles. The van der Waals surface area contributed by atoms with Crippen LogP contribution in [0.25, 0.3) is 11.0 Å². The minimum absolute atomic E-state index is 0.114. The zero-order chi connectivity index (χ0) is 10.3. The summed E-state index contributed by atoms with van der Waals surface area (Å²) in [6, 6.07) is 3.63. The van der Waals surface area contributed by atoms with E-state index in [2.05, 4.69) is 25.9 Å². The Morgan fingerprint density at radius 1 is 1.57 bits per heavy atom. The van der Waals surface area contributed by atoms with Crippen molar-refractivity contribution in [2.75, 3.05) is 0 Å². The molecular formula is C9H9BrClN3. The molecular weight excluding hydrogens is 265 g/mol. The fourth-order valence-electron chi connectivity index (χ4n) is 1.28. The van der Waals surface area contributed by atoms with Gasteiger partial charge < -0.3 is 10.7 Å². The number of H-pyrrole nitrogens is 1. The molecule has 2 rings (SSSR count). The predicted octanol–water partition coefficient (Wildman–Crippen LogP) is 3.00. The highest BCUT2D eigenvalue weighted by Crippen LogP contribution is 2.27. The number of aromatic amines is 1. The van der Waals surface area contributed by atoms with Crippen LogP contribution in [0.1, 0.15) is 18.8 Å². The van der Waals surface area contributed by atoms with Gasteiger partial charge in [0.25, 0.3) is 0 Å². The van der Waals surface area contributed by atoms with Crippen LogP contribution in [0.3, 0.4) is 0 Å². The van der Waals surface area contributed by atoms with E-state index >= 15 is 0 Å². The van der Waals surface area contributed by atoms with Crippen LogP contribution < -0.4 is 5.73 Å². The highest BCUT2D eigenvalue weighted by Gasteiger charge is 2.09. The maximum atomic E-state index is 6.03. The summed E-state index contributed by atoms with van der Waals surface area (Å²) in [5.41, 5.74) is 7.38. The highest BCUT2D eigenvalue weighted by molar-refractivity contribution is 9.10. The van der Waals surface area contributed by atoms with E-state index in [1.165, 1.54) is 0 Å². The Hall–Kier alpha value is -0.580. The normalized spacial score (nSPS) is 13.4. The van der Waals surface area contributed by atoms with E-state index in [1.807, 2.05) is 19.1 Å². The Kier molecular flexibility index (Phi) is 2.51. The molecule has 0 fully saturated rings. The molecule has 0 unspecified atom stereocenters. The largest absolute Gasteiger partial charge is 0.341 e. The summed E-state index contributed by atoms with van der Waals surface area (Å²) in [5.74, 6) is 0.750. The van der Waals surface area contributed by atoms with E-state index in [1.54, 1.807) is 0 Å². The second-order valence-electron chi connectivity index (χ2n) is 3.19. The maximum absolute atomic E-state index is 6.03. The zero-order valence-corrected chi connectivity index (χ0v) is 9.85.